The van der Waals surface area contributed by atoms with E-state index in [1.54, 1.807) is 12.1 Å². The molecule has 1 aromatic rings. The number of benzene rings is 1. The van der Waals surface area contributed by atoms with Gasteiger partial charge in [-0.05, 0) is 19.3 Å². The molecule has 2 saturated carbocycles. The van der Waals surface area contributed by atoms with Crippen molar-refractivity contribution in [2.24, 2.45) is 23.7 Å². The van der Waals surface area contributed by atoms with Crippen LogP contribution in [0, 0.1) is 30.6 Å². The lowest BCUT2D eigenvalue weighted by atomic mass is 9.80. The zero-order valence-electron chi connectivity index (χ0n) is 13.1. The highest BCUT2D eigenvalue weighted by molar-refractivity contribution is 9.09. The van der Waals surface area contributed by atoms with Crippen molar-refractivity contribution in [3.8, 4) is 0 Å². The van der Waals surface area contributed by atoms with Gasteiger partial charge in [0.25, 0.3) is 0 Å². The molecule has 0 radical (unpaired) electrons. The minimum absolute atomic E-state index is 0.00412. The van der Waals surface area contributed by atoms with Crippen molar-refractivity contribution in [3.63, 3.8) is 0 Å². The Balaban J connectivity index is 1.43. The lowest BCUT2D eigenvalue weighted by molar-refractivity contribution is -0.154. The summed E-state index contributed by atoms with van der Waals surface area (Å²) in [7, 11) is 0. The van der Waals surface area contributed by atoms with Crippen LogP contribution in [-0.2, 0) is 19.1 Å². The zero-order valence-corrected chi connectivity index (χ0v) is 14.7. The van der Waals surface area contributed by atoms with E-state index in [9.17, 15) is 14.4 Å². The number of rotatable bonds is 4. The third-order valence-electron chi connectivity index (χ3n) is 5.51. The fraction of sp³-hybridized carbons (Fsp3) is 0.500. The van der Waals surface area contributed by atoms with Gasteiger partial charge in [-0.15, -0.1) is 0 Å². The highest BCUT2D eigenvalue weighted by atomic mass is 79.9. The predicted octanol–water partition coefficient (Wildman–Crippen LogP) is 2.29. The zero-order chi connectivity index (χ0) is 17.0. The van der Waals surface area contributed by atoms with Crippen LogP contribution in [0.2, 0.25) is 0 Å². The van der Waals surface area contributed by atoms with Crippen LogP contribution in [0.15, 0.2) is 24.3 Å². The molecule has 1 aromatic carbocycles. The second-order valence-electron chi connectivity index (χ2n) is 6.86. The molecule has 126 valence electrons. The van der Waals surface area contributed by atoms with Gasteiger partial charge in [-0.1, -0.05) is 45.8 Å². The van der Waals surface area contributed by atoms with E-state index < -0.39 is 17.8 Å². The minimum Gasteiger partial charge on any atom is -0.461 e. The van der Waals surface area contributed by atoms with Gasteiger partial charge in [0.1, 0.15) is 6.10 Å². The second kappa shape index (κ2) is 5.69. The number of ether oxygens (including phenoxy) is 2. The van der Waals surface area contributed by atoms with E-state index in [1.165, 1.54) is 0 Å². The normalized spacial score (nSPS) is 35.8. The highest BCUT2D eigenvalue weighted by Gasteiger charge is 2.68. The Hall–Kier alpha value is -1.69. The number of alkyl halides is 1. The van der Waals surface area contributed by atoms with E-state index in [2.05, 4.69) is 15.9 Å². The maximum Gasteiger partial charge on any atom is 0.310 e. The quantitative estimate of drug-likeness (QED) is 0.446. The van der Waals surface area contributed by atoms with Gasteiger partial charge >= 0.3 is 11.9 Å². The first-order chi connectivity index (χ1) is 11.5. The molecule has 0 amide bonds. The van der Waals surface area contributed by atoms with Crippen molar-refractivity contribution in [2.45, 2.75) is 24.3 Å². The highest BCUT2D eigenvalue weighted by Crippen LogP contribution is 2.60. The largest absolute Gasteiger partial charge is 0.461 e. The molecule has 0 unspecified atom stereocenters. The maximum atomic E-state index is 12.5. The summed E-state index contributed by atoms with van der Waals surface area (Å²) in [6.07, 6.45) is 0.675. The average Bonchev–Trinajstić information content (AvgIpc) is 3.17. The average molecular weight is 393 g/mol. The van der Waals surface area contributed by atoms with Crippen LogP contribution in [-0.4, -0.2) is 35.3 Å². The lowest BCUT2D eigenvalue weighted by Crippen LogP contribution is -2.39. The lowest BCUT2D eigenvalue weighted by Gasteiger charge is -2.26. The number of carbonyl (C=O) groups is 3. The summed E-state index contributed by atoms with van der Waals surface area (Å²) in [6.45, 7) is 1.64. The molecule has 6 atom stereocenters. The molecule has 1 heterocycles. The molecular weight excluding hydrogens is 376 g/mol. The summed E-state index contributed by atoms with van der Waals surface area (Å²) in [5, 5.41) is 0. The SMILES string of the molecule is Cc1ccc(C(=O)COC(=O)[C@@H]2[C@H]3C[C@H]4[C@H](OC(=O)[C@H]42)[C@@H]3Br)cc1. The molecular formula is C18H17BrO5. The summed E-state index contributed by atoms with van der Waals surface area (Å²) in [5.74, 6) is -1.78. The van der Waals surface area contributed by atoms with Crippen LogP contribution in [0.1, 0.15) is 22.3 Å². The van der Waals surface area contributed by atoms with E-state index in [1.807, 2.05) is 19.1 Å². The number of aryl methyl sites for hydroxylation is 1. The number of fused-ring (bicyclic) bond motifs is 1. The van der Waals surface area contributed by atoms with E-state index in [4.69, 9.17) is 9.47 Å². The summed E-state index contributed by atoms with van der Waals surface area (Å²) in [4.78, 5) is 36.7. The van der Waals surface area contributed by atoms with Gasteiger partial charge in [0.05, 0.1) is 16.7 Å². The molecule has 2 bridgehead atoms. The number of halogens is 1. The standard InChI is InChI=1S/C18H17BrO5/c1-8-2-4-9(5-3-8)12(20)7-23-17(21)13-10-6-11-14(13)18(22)24-16(11)15(10)19/h2-5,10-11,13-16H,6-7H2,1H3/t10-,11-,13-,14-,15-,16+/m1/s1. The Kier molecular flexibility index (Phi) is 3.75. The molecule has 6 heteroatoms. The van der Waals surface area contributed by atoms with E-state index in [0.29, 0.717) is 5.56 Å². The van der Waals surface area contributed by atoms with Gasteiger partial charge in [-0.25, -0.2) is 0 Å². The first-order valence-corrected chi connectivity index (χ1v) is 9.00. The molecule has 24 heavy (non-hydrogen) atoms. The van der Waals surface area contributed by atoms with Crippen molar-refractivity contribution in [1.82, 2.24) is 0 Å². The monoisotopic (exact) mass is 392 g/mol. The Bertz CT molecular complexity index is 713. The van der Waals surface area contributed by atoms with Crippen molar-refractivity contribution >= 4 is 33.7 Å². The Morgan fingerprint density at radius 2 is 1.96 bits per heavy atom. The van der Waals surface area contributed by atoms with Crippen LogP contribution >= 0.6 is 15.9 Å². The Morgan fingerprint density at radius 1 is 1.25 bits per heavy atom. The number of carbonyl (C=O) groups excluding carboxylic acids is 3. The third-order valence-corrected chi connectivity index (χ3v) is 6.71. The Labute approximate surface area is 147 Å². The summed E-state index contributed by atoms with van der Waals surface area (Å²) in [6, 6.07) is 7.12. The van der Waals surface area contributed by atoms with Crippen LogP contribution < -0.4 is 0 Å². The van der Waals surface area contributed by atoms with E-state index in [-0.39, 0.29) is 41.1 Å². The molecule has 3 aliphatic rings. The number of hydrogen-bond acceptors (Lipinski definition) is 5. The summed E-state index contributed by atoms with van der Waals surface area (Å²) >= 11 is 3.56. The van der Waals surface area contributed by atoms with Gasteiger partial charge in [0, 0.05) is 11.5 Å². The molecule has 1 saturated heterocycles. The minimum atomic E-state index is -0.503. The van der Waals surface area contributed by atoms with Crippen molar-refractivity contribution in [2.75, 3.05) is 6.61 Å². The number of Topliss-reactive ketones (excluding diaryl/α,β-unsaturated/α-hetero) is 1. The molecule has 0 aromatic heterocycles. The fourth-order valence-electron chi connectivity index (χ4n) is 4.35. The van der Waals surface area contributed by atoms with Crippen LogP contribution in [0.3, 0.4) is 0 Å². The molecule has 2 aliphatic carbocycles. The number of esters is 2. The first kappa shape index (κ1) is 15.8. The first-order valence-electron chi connectivity index (χ1n) is 8.08. The topological polar surface area (TPSA) is 69.7 Å². The van der Waals surface area contributed by atoms with Gasteiger partial charge in [0.15, 0.2) is 12.4 Å². The van der Waals surface area contributed by atoms with Crippen molar-refractivity contribution in [3.05, 3.63) is 35.4 Å². The smallest absolute Gasteiger partial charge is 0.310 e. The fourth-order valence-corrected chi connectivity index (χ4v) is 5.39. The molecule has 1 aliphatic heterocycles. The third kappa shape index (κ3) is 2.31. The van der Waals surface area contributed by atoms with Gasteiger partial charge < -0.3 is 9.47 Å². The molecule has 3 fully saturated rings. The van der Waals surface area contributed by atoms with Crippen LogP contribution in [0.25, 0.3) is 0 Å². The van der Waals surface area contributed by atoms with E-state index >= 15 is 0 Å². The molecule has 4 rings (SSSR count). The van der Waals surface area contributed by atoms with Crippen molar-refractivity contribution < 1.29 is 23.9 Å². The Morgan fingerprint density at radius 3 is 2.67 bits per heavy atom. The molecule has 5 nitrogen and oxygen atoms in total. The summed E-state index contributed by atoms with van der Waals surface area (Å²) < 4.78 is 10.6. The number of hydrogen-bond donors (Lipinski definition) is 0. The van der Waals surface area contributed by atoms with Gasteiger partial charge in [-0.3, -0.25) is 14.4 Å². The van der Waals surface area contributed by atoms with Crippen LogP contribution in [0.5, 0.6) is 0 Å². The maximum absolute atomic E-state index is 12.5. The second-order valence-corrected chi connectivity index (χ2v) is 7.92. The van der Waals surface area contributed by atoms with Gasteiger partial charge in [0.2, 0.25) is 0 Å². The predicted molar refractivity (Wildman–Crippen MR) is 87.6 cm³/mol. The van der Waals surface area contributed by atoms with Crippen molar-refractivity contribution in [1.29, 1.82) is 0 Å². The molecule has 0 spiro atoms. The summed E-state index contributed by atoms with van der Waals surface area (Å²) in [5.41, 5.74) is 1.57. The number of ketones is 1. The molecule has 0 N–H and O–H groups in total. The van der Waals surface area contributed by atoms with E-state index in [0.717, 1.165) is 12.0 Å². The van der Waals surface area contributed by atoms with Crippen LogP contribution in [0.4, 0.5) is 0 Å². The van der Waals surface area contributed by atoms with Gasteiger partial charge in [-0.2, -0.15) is 0 Å².